The summed E-state index contributed by atoms with van der Waals surface area (Å²) < 4.78 is 6.02. The maximum absolute atomic E-state index is 11.9. The normalized spacial score (nSPS) is 13.7. The summed E-state index contributed by atoms with van der Waals surface area (Å²) >= 11 is 0. The molecule has 0 aliphatic carbocycles. The molecule has 1 aliphatic rings. The van der Waals surface area contributed by atoms with Crippen molar-refractivity contribution in [3.8, 4) is 17.7 Å². The van der Waals surface area contributed by atoms with E-state index in [0.29, 0.717) is 39.4 Å². The first-order valence-electron chi connectivity index (χ1n) is 8.92. The van der Waals surface area contributed by atoms with E-state index < -0.39 is 0 Å². The number of benzene rings is 2. The first-order chi connectivity index (χ1) is 14.0. The number of aryl methyl sites for hydroxylation is 1. The second-order valence-corrected chi connectivity index (χ2v) is 6.66. The third-order valence-corrected chi connectivity index (χ3v) is 4.80. The molecule has 0 fully saturated rings. The molecule has 0 unspecified atom stereocenters. The highest BCUT2D eigenvalue weighted by molar-refractivity contribution is 6.05. The molecule has 1 aromatic heterocycles. The molecule has 0 radical (unpaired) electrons. The second-order valence-electron chi connectivity index (χ2n) is 6.66. The molecular weight excluding hydrogens is 364 g/mol. The number of nitriles is 1. The SMILES string of the molecule is C=C1N=NC(=O)C(C)=C1c1ccc(Oc2nccc3cccc(C#N)c23)cc1C. The van der Waals surface area contributed by atoms with E-state index in [1.807, 2.05) is 37.3 Å². The summed E-state index contributed by atoms with van der Waals surface area (Å²) in [6.45, 7) is 7.54. The molecule has 0 atom stereocenters. The van der Waals surface area contributed by atoms with E-state index in [-0.39, 0.29) is 5.91 Å². The Bertz CT molecular complexity index is 1290. The van der Waals surface area contributed by atoms with Gasteiger partial charge in [-0.25, -0.2) is 4.98 Å². The monoisotopic (exact) mass is 380 g/mol. The molecule has 1 aliphatic heterocycles. The first kappa shape index (κ1) is 18.3. The predicted octanol–water partition coefficient (Wildman–Crippen LogP) is 5.49. The van der Waals surface area contributed by atoms with Crippen LogP contribution in [-0.4, -0.2) is 10.9 Å². The Kier molecular flexibility index (Phi) is 4.49. The lowest BCUT2D eigenvalue weighted by molar-refractivity contribution is -0.114. The Hall–Kier alpha value is -4.11. The van der Waals surface area contributed by atoms with Crippen molar-refractivity contribution < 1.29 is 9.53 Å². The molecule has 0 spiro atoms. The van der Waals surface area contributed by atoms with Crippen molar-refractivity contribution in [2.75, 3.05) is 0 Å². The molecule has 29 heavy (non-hydrogen) atoms. The summed E-state index contributed by atoms with van der Waals surface area (Å²) in [6, 6.07) is 15.0. The van der Waals surface area contributed by atoms with Gasteiger partial charge in [0.05, 0.1) is 22.7 Å². The van der Waals surface area contributed by atoms with E-state index in [1.54, 1.807) is 25.3 Å². The summed E-state index contributed by atoms with van der Waals surface area (Å²) in [6.07, 6.45) is 1.65. The van der Waals surface area contributed by atoms with Gasteiger partial charge in [0, 0.05) is 17.3 Å². The van der Waals surface area contributed by atoms with Gasteiger partial charge in [0.2, 0.25) is 5.88 Å². The molecular formula is C23H16N4O2. The number of rotatable bonds is 3. The molecule has 6 nitrogen and oxygen atoms in total. The van der Waals surface area contributed by atoms with E-state index in [0.717, 1.165) is 16.5 Å². The molecule has 0 saturated carbocycles. The number of carbonyl (C=O) groups excluding carboxylic acids is 1. The fourth-order valence-corrected chi connectivity index (χ4v) is 3.37. The highest BCUT2D eigenvalue weighted by atomic mass is 16.5. The molecule has 3 aromatic rings. The number of aromatic nitrogens is 1. The van der Waals surface area contributed by atoms with Crippen LogP contribution in [0, 0.1) is 18.3 Å². The fourth-order valence-electron chi connectivity index (χ4n) is 3.37. The Morgan fingerprint density at radius 2 is 1.93 bits per heavy atom. The van der Waals surface area contributed by atoms with Gasteiger partial charge >= 0.3 is 0 Å². The number of amides is 1. The van der Waals surface area contributed by atoms with E-state index >= 15 is 0 Å². The van der Waals surface area contributed by atoms with Crippen LogP contribution in [0.1, 0.15) is 23.6 Å². The molecule has 1 amide bonds. The summed E-state index contributed by atoms with van der Waals surface area (Å²) in [5, 5.41) is 18.4. The van der Waals surface area contributed by atoms with Crippen molar-refractivity contribution >= 4 is 22.3 Å². The molecule has 2 heterocycles. The maximum atomic E-state index is 11.9. The number of ether oxygens (including phenoxy) is 1. The fraction of sp³-hybridized carbons (Fsp3) is 0.0870. The van der Waals surface area contributed by atoms with Gasteiger partial charge in [-0.15, -0.1) is 10.2 Å². The van der Waals surface area contributed by atoms with Crippen molar-refractivity contribution in [3.05, 3.63) is 83.2 Å². The van der Waals surface area contributed by atoms with E-state index in [2.05, 4.69) is 27.9 Å². The van der Waals surface area contributed by atoms with Gasteiger partial charge in [-0.2, -0.15) is 5.26 Å². The number of fused-ring (bicyclic) bond motifs is 1. The lowest BCUT2D eigenvalue weighted by Gasteiger charge is -2.16. The number of hydrogen-bond acceptors (Lipinski definition) is 5. The Morgan fingerprint density at radius 3 is 2.69 bits per heavy atom. The molecule has 0 saturated heterocycles. The number of azo groups is 1. The van der Waals surface area contributed by atoms with Crippen LogP contribution in [0.15, 0.2) is 76.7 Å². The quantitative estimate of drug-likeness (QED) is 0.601. The molecule has 6 heteroatoms. The minimum Gasteiger partial charge on any atom is -0.438 e. The van der Waals surface area contributed by atoms with Gasteiger partial charge < -0.3 is 4.74 Å². The Morgan fingerprint density at radius 1 is 1.10 bits per heavy atom. The molecule has 0 bridgehead atoms. The minimum absolute atomic E-state index is 0.365. The minimum atomic E-state index is -0.365. The van der Waals surface area contributed by atoms with Crippen LogP contribution in [-0.2, 0) is 4.79 Å². The van der Waals surface area contributed by atoms with Gasteiger partial charge in [-0.1, -0.05) is 24.8 Å². The highest BCUT2D eigenvalue weighted by Crippen LogP contribution is 2.36. The average molecular weight is 380 g/mol. The third kappa shape index (κ3) is 3.19. The summed E-state index contributed by atoms with van der Waals surface area (Å²) in [4.78, 5) is 16.2. The van der Waals surface area contributed by atoms with E-state index in [9.17, 15) is 10.1 Å². The molecule has 140 valence electrons. The van der Waals surface area contributed by atoms with Crippen molar-refractivity contribution in [2.45, 2.75) is 13.8 Å². The third-order valence-electron chi connectivity index (χ3n) is 4.80. The number of hydrogen-bond donors (Lipinski definition) is 0. The highest BCUT2D eigenvalue weighted by Gasteiger charge is 2.21. The number of nitrogens with zero attached hydrogens (tertiary/aromatic N) is 4. The van der Waals surface area contributed by atoms with Crippen LogP contribution < -0.4 is 4.74 Å². The molecule has 4 rings (SSSR count). The lowest BCUT2D eigenvalue weighted by atomic mass is 9.93. The van der Waals surface area contributed by atoms with E-state index in [4.69, 9.17) is 4.74 Å². The van der Waals surface area contributed by atoms with Crippen LogP contribution >= 0.6 is 0 Å². The van der Waals surface area contributed by atoms with Crippen LogP contribution in [0.4, 0.5) is 0 Å². The van der Waals surface area contributed by atoms with Crippen molar-refractivity contribution in [1.29, 1.82) is 5.26 Å². The lowest BCUT2D eigenvalue weighted by Crippen LogP contribution is -2.06. The second kappa shape index (κ2) is 7.13. The van der Waals surface area contributed by atoms with Crippen LogP contribution in [0.3, 0.4) is 0 Å². The van der Waals surface area contributed by atoms with Crippen molar-refractivity contribution in [1.82, 2.24) is 4.98 Å². The number of allylic oxidation sites excluding steroid dienone is 1. The van der Waals surface area contributed by atoms with Gasteiger partial charge in [-0.05, 0) is 54.6 Å². The average Bonchev–Trinajstić information content (AvgIpc) is 2.72. The Balaban J connectivity index is 1.75. The largest absolute Gasteiger partial charge is 0.438 e. The molecule has 0 N–H and O–H groups in total. The van der Waals surface area contributed by atoms with Gasteiger partial charge in [0.1, 0.15) is 5.75 Å². The predicted molar refractivity (Wildman–Crippen MR) is 109 cm³/mol. The number of carbonyl (C=O) groups is 1. The zero-order valence-corrected chi connectivity index (χ0v) is 15.9. The van der Waals surface area contributed by atoms with Gasteiger partial charge in [-0.3, -0.25) is 4.79 Å². The van der Waals surface area contributed by atoms with Crippen LogP contribution in [0.5, 0.6) is 11.6 Å². The van der Waals surface area contributed by atoms with Crippen molar-refractivity contribution in [3.63, 3.8) is 0 Å². The van der Waals surface area contributed by atoms with Crippen LogP contribution in [0.2, 0.25) is 0 Å². The van der Waals surface area contributed by atoms with Crippen LogP contribution in [0.25, 0.3) is 16.3 Å². The standard InChI is InChI=1S/C23H16N4O2/c1-13-11-18(7-8-19(13)20-14(2)22(28)27-26-15(20)3)29-23-21-16(9-10-25-23)5-4-6-17(21)12-24/h4-11H,3H2,1-2H3. The number of pyridine rings is 1. The maximum Gasteiger partial charge on any atom is 0.291 e. The zero-order valence-electron chi connectivity index (χ0n) is 15.9. The van der Waals surface area contributed by atoms with Gasteiger partial charge in [0.15, 0.2) is 0 Å². The summed E-state index contributed by atoms with van der Waals surface area (Å²) in [7, 11) is 0. The molecule has 2 aromatic carbocycles. The smallest absolute Gasteiger partial charge is 0.291 e. The Labute approximate surface area is 167 Å². The van der Waals surface area contributed by atoms with Gasteiger partial charge in [0.25, 0.3) is 5.91 Å². The summed E-state index contributed by atoms with van der Waals surface area (Å²) in [5.41, 5.74) is 3.88. The van der Waals surface area contributed by atoms with E-state index in [1.165, 1.54) is 0 Å². The topological polar surface area (TPSA) is 87.7 Å². The summed E-state index contributed by atoms with van der Waals surface area (Å²) in [5.74, 6) is 0.580. The zero-order chi connectivity index (χ0) is 20.5. The van der Waals surface area contributed by atoms with Crippen molar-refractivity contribution in [2.24, 2.45) is 10.2 Å². The first-order valence-corrected chi connectivity index (χ1v) is 8.92.